The van der Waals surface area contributed by atoms with Crippen molar-refractivity contribution >= 4 is 5.97 Å². The average Bonchev–Trinajstić information content (AvgIpc) is 2.81. The first-order valence-electron chi connectivity index (χ1n) is 5.11. The highest BCUT2D eigenvalue weighted by atomic mass is 16.5. The van der Waals surface area contributed by atoms with E-state index in [0.29, 0.717) is 11.3 Å². The van der Waals surface area contributed by atoms with Crippen LogP contribution in [-0.2, 0) is 0 Å². The summed E-state index contributed by atoms with van der Waals surface area (Å²) in [4.78, 5) is 10.7. The van der Waals surface area contributed by atoms with E-state index >= 15 is 0 Å². The van der Waals surface area contributed by atoms with Crippen molar-refractivity contribution in [2.75, 3.05) is 7.11 Å². The van der Waals surface area contributed by atoms with E-state index in [2.05, 4.69) is 9.68 Å². The molecule has 0 unspecified atom stereocenters. The van der Waals surface area contributed by atoms with Crippen molar-refractivity contribution in [3.05, 3.63) is 29.5 Å². The molecule has 0 radical (unpaired) electrons. The van der Waals surface area contributed by atoms with E-state index in [1.54, 1.807) is 13.0 Å². The third kappa shape index (κ3) is 2.00. The SMILES string of the molecule is COc1cc(O)c(-c2cc(C(=O)O)on2)cc1C. The minimum Gasteiger partial charge on any atom is -0.507 e. The van der Waals surface area contributed by atoms with Crippen LogP contribution >= 0.6 is 0 Å². The summed E-state index contributed by atoms with van der Waals surface area (Å²) in [5.41, 5.74) is 1.45. The highest BCUT2D eigenvalue weighted by Crippen LogP contribution is 2.34. The number of hydrogen-bond acceptors (Lipinski definition) is 5. The highest BCUT2D eigenvalue weighted by Gasteiger charge is 2.16. The molecule has 0 fully saturated rings. The van der Waals surface area contributed by atoms with Crippen LogP contribution in [0.1, 0.15) is 16.1 Å². The number of carboxylic acid groups (broad SMARTS) is 1. The van der Waals surface area contributed by atoms with Crippen LogP contribution in [0.3, 0.4) is 0 Å². The number of ether oxygens (including phenoxy) is 1. The van der Waals surface area contributed by atoms with E-state index in [1.807, 2.05) is 0 Å². The second kappa shape index (κ2) is 4.40. The zero-order valence-electron chi connectivity index (χ0n) is 9.80. The molecule has 0 atom stereocenters. The fraction of sp³-hybridized carbons (Fsp3) is 0.167. The Morgan fingerprint density at radius 3 is 2.67 bits per heavy atom. The molecular weight excluding hydrogens is 238 g/mol. The number of phenolic OH excluding ortho intramolecular Hbond substituents is 1. The standard InChI is InChI=1S/C12H11NO5/c1-6-3-7(9(14)5-10(6)17-2)8-4-11(12(15)16)18-13-8/h3-5,14H,1-2H3,(H,15,16). The van der Waals surface area contributed by atoms with Gasteiger partial charge in [-0.1, -0.05) is 5.16 Å². The molecule has 94 valence electrons. The molecule has 2 aromatic rings. The quantitative estimate of drug-likeness (QED) is 0.864. The van der Waals surface area contributed by atoms with Gasteiger partial charge in [0.05, 0.1) is 7.11 Å². The third-order valence-electron chi connectivity index (χ3n) is 2.51. The zero-order valence-corrected chi connectivity index (χ0v) is 9.80. The van der Waals surface area contributed by atoms with Crippen LogP contribution in [0.4, 0.5) is 0 Å². The Morgan fingerprint density at radius 2 is 2.11 bits per heavy atom. The van der Waals surface area contributed by atoms with Crippen molar-refractivity contribution in [3.8, 4) is 22.8 Å². The Balaban J connectivity index is 2.50. The van der Waals surface area contributed by atoms with Crippen LogP contribution in [0, 0.1) is 6.92 Å². The predicted molar refractivity (Wildman–Crippen MR) is 61.9 cm³/mol. The van der Waals surface area contributed by atoms with Crippen molar-refractivity contribution < 1.29 is 24.3 Å². The molecule has 1 aromatic carbocycles. The molecule has 0 bridgehead atoms. The van der Waals surface area contributed by atoms with Crippen LogP contribution in [0.2, 0.25) is 0 Å². The Bertz CT molecular complexity index is 603. The van der Waals surface area contributed by atoms with E-state index in [9.17, 15) is 9.90 Å². The number of benzene rings is 1. The third-order valence-corrected chi connectivity index (χ3v) is 2.51. The maximum absolute atomic E-state index is 10.7. The Hall–Kier alpha value is -2.50. The van der Waals surface area contributed by atoms with Crippen LogP contribution < -0.4 is 4.74 Å². The van der Waals surface area contributed by atoms with Crippen molar-refractivity contribution in [2.24, 2.45) is 0 Å². The maximum atomic E-state index is 10.7. The topological polar surface area (TPSA) is 92.8 Å². The van der Waals surface area contributed by atoms with E-state index in [-0.39, 0.29) is 17.2 Å². The molecule has 18 heavy (non-hydrogen) atoms. The van der Waals surface area contributed by atoms with E-state index in [1.165, 1.54) is 19.2 Å². The van der Waals surface area contributed by atoms with Gasteiger partial charge in [-0.3, -0.25) is 0 Å². The number of aryl methyl sites for hydroxylation is 1. The number of carbonyl (C=O) groups is 1. The summed E-state index contributed by atoms with van der Waals surface area (Å²) < 4.78 is 9.70. The van der Waals surface area contributed by atoms with Gasteiger partial charge in [0, 0.05) is 17.7 Å². The summed E-state index contributed by atoms with van der Waals surface area (Å²) in [6.07, 6.45) is 0. The molecule has 0 aliphatic rings. The lowest BCUT2D eigenvalue weighted by Crippen LogP contribution is -1.91. The minimum absolute atomic E-state index is 0.0531. The predicted octanol–water partition coefficient (Wildman–Crippen LogP) is 2.06. The molecule has 0 saturated carbocycles. The first kappa shape index (κ1) is 12.0. The number of methoxy groups -OCH3 is 1. The molecular formula is C12H11NO5. The molecule has 0 amide bonds. The number of aromatic nitrogens is 1. The van der Waals surface area contributed by atoms with Gasteiger partial charge in [-0.15, -0.1) is 0 Å². The van der Waals surface area contributed by atoms with Gasteiger partial charge >= 0.3 is 5.97 Å². The second-order valence-electron chi connectivity index (χ2n) is 3.72. The normalized spacial score (nSPS) is 10.3. The smallest absolute Gasteiger partial charge is 0.374 e. The van der Waals surface area contributed by atoms with Gasteiger partial charge in [-0.05, 0) is 18.6 Å². The van der Waals surface area contributed by atoms with Gasteiger partial charge in [0.2, 0.25) is 5.76 Å². The zero-order chi connectivity index (χ0) is 13.3. The summed E-state index contributed by atoms with van der Waals surface area (Å²) in [5, 5.41) is 22.2. The second-order valence-corrected chi connectivity index (χ2v) is 3.72. The summed E-state index contributed by atoms with van der Waals surface area (Å²) in [5.74, 6) is -1.00. The number of aromatic hydroxyl groups is 1. The van der Waals surface area contributed by atoms with Gasteiger partial charge in [0.1, 0.15) is 17.2 Å². The molecule has 6 nitrogen and oxygen atoms in total. The van der Waals surface area contributed by atoms with Gasteiger partial charge < -0.3 is 19.5 Å². The van der Waals surface area contributed by atoms with Crippen molar-refractivity contribution in [2.45, 2.75) is 6.92 Å². The summed E-state index contributed by atoms with van der Waals surface area (Å²) in [6.45, 7) is 1.81. The van der Waals surface area contributed by atoms with Crippen LogP contribution in [0.15, 0.2) is 22.7 Å². The lowest BCUT2D eigenvalue weighted by molar-refractivity contribution is 0.0652. The number of hydrogen-bond donors (Lipinski definition) is 2. The van der Waals surface area contributed by atoms with Gasteiger partial charge in [0.25, 0.3) is 0 Å². The first-order valence-corrected chi connectivity index (χ1v) is 5.11. The van der Waals surface area contributed by atoms with Gasteiger partial charge in [-0.25, -0.2) is 4.79 Å². The molecule has 6 heteroatoms. The highest BCUT2D eigenvalue weighted by molar-refractivity contribution is 5.86. The van der Waals surface area contributed by atoms with Crippen molar-refractivity contribution in [1.82, 2.24) is 5.16 Å². The molecule has 1 heterocycles. The summed E-state index contributed by atoms with van der Waals surface area (Å²) in [7, 11) is 1.50. The van der Waals surface area contributed by atoms with Gasteiger partial charge in [0.15, 0.2) is 0 Å². The van der Waals surface area contributed by atoms with Crippen molar-refractivity contribution in [1.29, 1.82) is 0 Å². The monoisotopic (exact) mass is 249 g/mol. The number of aromatic carboxylic acids is 1. The Kier molecular flexibility index (Phi) is 2.93. The number of nitrogens with zero attached hydrogens (tertiary/aromatic N) is 1. The molecule has 0 aliphatic carbocycles. The maximum Gasteiger partial charge on any atom is 0.374 e. The molecule has 2 rings (SSSR count). The fourth-order valence-electron chi connectivity index (χ4n) is 1.61. The summed E-state index contributed by atoms with van der Waals surface area (Å²) >= 11 is 0. The fourth-order valence-corrected chi connectivity index (χ4v) is 1.61. The van der Waals surface area contributed by atoms with Gasteiger partial charge in [-0.2, -0.15) is 0 Å². The number of phenols is 1. The lowest BCUT2D eigenvalue weighted by Gasteiger charge is -2.07. The molecule has 2 N–H and O–H groups in total. The van der Waals surface area contributed by atoms with E-state index in [4.69, 9.17) is 9.84 Å². The number of rotatable bonds is 3. The van der Waals surface area contributed by atoms with E-state index in [0.717, 1.165) is 5.56 Å². The van der Waals surface area contributed by atoms with Crippen LogP contribution in [-0.4, -0.2) is 28.4 Å². The van der Waals surface area contributed by atoms with Crippen LogP contribution in [0.5, 0.6) is 11.5 Å². The summed E-state index contributed by atoms with van der Waals surface area (Å²) in [6, 6.07) is 4.35. The van der Waals surface area contributed by atoms with Crippen LogP contribution in [0.25, 0.3) is 11.3 Å². The molecule has 0 aliphatic heterocycles. The number of carboxylic acids is 1. The molecule has 1 aromatic heterocycles. The minimum atomic E-state index is -1.21. The average molecular weight is 249 g/mol. The van der Waals surface area contributed by atoms with Crippen molar-refractivity contribution in [3.63, 3.8) is 0 Å². The first-order chi connectivity index (χ1) is 8.52. The van der Waals surface area contributed by atoms with E-state index < -0.39 is 5.97 Å². The Morgan fingerprint density at radius 1 is 1.39 bits per heavy atom. The molecule has 0 spiro atoms. The largest absolute Gasteiger partial charge is 0.507 e. The Labute approximate surface area is 102 Å². The lowest BCUT2D eigenvalue weighted by atomic mass is 10.1. The molecule has 0 saturated heterocycles.